The molecule has 1 fully saturated rings. The first kappa shape index (κ1) is 20.9. The molecule has 0 aromatic heterocycles. The van der Waals surface area contributed by atoms with Crippen LogP contribution in [0.5, 0.6) is 5.75 Å². The molecule has 0 unspecified atom stereocenters. The number of carbonyl (C=O) groups excluding carboxylic acids is 1. The summed E-state index contributed by atoms with van der Waals surface area (Å²) in [4.78, 5) is 13.1. The van der Waals surface area contributed by atoms with Crippen molar-refractivity contribution in [2.24, 2.45) is 0 Å². The van der Waals surface area contributed by atoms with Gasteiger partial charge in [-0.05, 0) is 55.3 Å². The maximum atomic E-state index is 13.1. The summed E-state index contributed by atoms with van der Waals surface area (Å²) in [6.45, 7) is 0.274. The number of piperidine rings is 1. The van der Waals surface area contributed by atoms with Gasteiger partial charge in [-0.25, -0.2) is 8.42 Å². The predicted octanol–water partition coefficient (Wildman–Crippen LogP) is 4.18. The van der Waals surface area contributed by atoms with Crippen molar-refractivity contribution in [2.75, 3.05) is 19.0 Å². The number of halogens is 2. The number of hydrogen-bond acceptors (Lipinski definition) is 4. The predicted molar refractivity (Wildman–Crippen MR) is 110 cm³/mol. The summed E-state index contributed by atoms with van der Waals surface area (Å²) in [5, 5.41) is 3.64. The smallest absolute Gasteiger partial charge is 0.243 e. The van der Waals surface area contributed by atoms with Crippen LogP contribution in [0.2, 0.25) is 10.0 Å². The summed E-state index contributed by atoms with van der Waals surface area (Å²) in [7, 11) is -2.35. The third kappa shape index (κ3) is 4.43. The fourth-order valence-corrected chi connectivity index (χ4v) is 5.15. The van der Waals surface area contributed by atoms with Gasteiger partial charge in [0.15, 0.2) is 0 Å². The normalized spacial score (nSPS) is 17.9. The molecule has 0 saturated carbocycles. The van der Waals surface area contributed by atoms with Crippen LogP contribution in [0.25, 0.3) is 0 Å². The fraction of sp³-hybridized carbons (Fsp3) is 0.316. The minimum atomic E-state index is -3.83. The minimum Gasteiger partial charge on any atom is -0.495 e. The number of nitrogens with zero attached hydrogens (tertiary/aromatic N) is 1. The summed E-state index contributed by atoms with van der Waals surface area (Å²) in [6.07, 6.45) is 1.88. The van der Waals surface area contributed by atoms with Crippen molar-refractivity contribution in [3.63, 3.8) is 0 Å². The van der Waals surface area contributed by atoms with Crippen molar-refractivity contribution in [3.05, 3.63) is 52.5 Å². The zero-order valence-electron chi connectivity index (χ0n) is 15.2. The van der Waals surface area contributed by atoms with Gasteiger partial charge in [0.1, 0.15) is 11.8 Å². The number of benzene rings is 2. The molecular weight excluding hydrogens is 423 g/mol. The quantitative estimate of drug-likeness (QED) is 0.752. The number of hydrogen-bond donors (Lipinski definition) is 1. The second kappa shape index (κ2) is 8.69. The fourth-order valence-electron chi connectivity index (χ4n) is 3.19. The molecule has 0 radical (unpaired) electrons. The number of sulfonamides is 1. The molecule has 2 aromatic carbocycles. The van der Waals surface area contributed by atoms with Crippen LogP contribution in [0, 0.1) is 0 Å². The highest BCUT2D eigenvalue weighted by atomic mass is 35.5. The molecule has 1 aliphatic heterocycles. The van der Waals surface area contributed by atoms with Crippen molar-refractivity contribution in [1.82, 2.24) is 4.31 Å². The Hall–Kier alpha value is -1.80. The highest BCUT2D eigenvalue weighted by Crippen LogP contribution is 2.30. The van der Waals surface area contributed by atoms with Crippen LogP contribution < -0.4 is 10.1 Å². The van der Waals surface area contributed by atoms with Crippen molar-refractivity contribution >= 4 is 44.8 Å². The largest absolute Gasteiger partial charge is 0.495 e. The van der Waals surface area contributed by atoms with Gasteiger partial charge in [0.25, 0.3) is 0 Å². The van der Waals surface area contributed by atoms with Gasteiger partial charge in [-0.15, -0.1) is 0 Å². The molecule has 150 valence electrons. The highest BCUT2D eigenvalue weighted by Gasteiger charge is 2.37. The Kier molecular flexibility index (Phi) is 6.50. The molecule has 1 saturated heterocycles. The summed E-state index contributed by atoms with van der Waals surface area (Å²) in [6, 6.07) is 9.96. The number of ether oxygens (including phenoxy) is 1. The maximum absolute atomic E-state index is 13.1. The second-order valence-electron chi connectivity index (χ2n) is 6.42. The summed E-state index contributed by atoms with van der Waals surface area (Å²) < 4.78 is 32.7. The average Bonchev–Trinajstić information content (AvgIpc) is 2.68. The lowest BCUT2D eigenvalue weighted by atomic mass is 10.0. The number of amides is 1. The molecule has 0 bridgehead atoms. The van der Waals surface area contributed by atoms with Crippen LogP contribution in [-0.2, 0) is 14.8 Å². The average molecular weight is 443 g/mol. The second-order valence-corrected chi connectivity index (χ2v) is 9.18. The third-order valence-electron chi connectivity index (χ3n) is 4.60. The van der Waals surface area contributed by atoms with Gasteiger partial charge in [0.05, 0.1) is 17.7 Å². The number of methoxy groups -OCH3 is 1. The highest BCUT2D eigenvalue weighted by molar-refractivity contribution is 7.89. The summed E-state index contributed by atoms with van der Waals surface area (Å²) in [5.74, 6) is 0.0264. The van der Waals surface area contributed by atoms with E-state index >= 15 is 0 Å². The Bertz CT molecular complexity index is 964. The topological polar surface area (TPSA) is 75.7 Å². The van der Waals surface area contributed by atoms with Gasteiger partial charge in [0, 0.05) is 16.6 Å². The first-order valence-electron chi connectivity index (χ1n) is 8.75. The van der Waals surface area contributed by atoms with Gasteiger partial charge in [-0.3, -0.25) is 4.79 Å². The molecule has 1 heterocycles. The number of carbonyl (C=O) groups is 1. The van der Waals surface area contributed by atoms with Crippen LogP contribution in [0.4, 0.5) is 5.69 Å². The van der Waals surface area contributed by atoms with Crippen LogP contribution >= 0.6 is 23.2 Å². The van der Waals surface area contributed by atoms with E-state index in [2.05, 4.69) is 5.32 Å². The van der Waals surface area contributed by atoms with E-state index in [9.17, 15) is 13.2 Å². The minimum absolute atomic E-state index is 0.108. The van der Waals surface area contributed by atoms with E-state index in [-0.39, 0.29) is 11.4 Å². The van der Waals surface area contributed by atoms with E-state index < -0.39 is 22.0 Å². The first-order chi connectivity index (χ1) is 13.3. The van der Waals surface area contributed by atoms with E-state index in [0.717, 1.165) is 6.42 Å². The molecule has 0 spiro atoms. The van der Waals surface area contributed by atoms with Gasteiger partial charge in [-0.1, -0.05) is 29.6 Å². The van der Waals surface area contributed by atoms with Crippen molar-refractivity contribution < 1.29 is 17.9 Å². The molecule has 1 aliphatic rings. The molecule has 9 heteroatoms. The monoisotopic (exact) mass is 442 g/mol. The van der Waals surface area contributed by atoms with Gasteiger partial charge in [-0.2, -0.15) is 4.31 Å². The number of anilines is 1. The van der Waals surface area contributed by atoms with E-state index in [0.29, 0.717) is 34.3 Å². The molecule has 1 amide bonds. The Morgan fingerprint density at radius 2 is 1.79 bits per heavy atom. The maximum Gasteiger partial charge on any atom is 0.243 e. The van der Waals surface area contributed by atoms with Crippen LogP contribution in [0.15, 0.2) is 47.4 Å². The molecule has 6 nitrogen and oxygen atoms in total. The zero-order chi connectivity index (χ0) is 20.3. The van der Waals surface area contributed by atoms with Crippen LogP contribution in [-0.4, -0.2) is 38.3 Å². The molecule has 1 atom stereocenters. The Balaban J connectivity index is 1.88. The van der Waals surface area contributed by atoms with E-state index in [1.807, 2.05) is 0 Å². The number of rotatable bonds is 5. The molecule has 1 N–H and O–H groups in total. The molecule has 3 rings (SSSR count). The zero-order valence-corrected chi connectivity index (χ0v) is 17.5. The van der Waals surface area contributed by atoms with Gasteiger partial charge >= 0.3 is 0 Å². The Morgan fingerprint density at radius 3 is 2.46 bits per heavy atom. The summed E-state index contributed by atoms with van der Waals surface area (Å²) in [5.41, 5.74) is 0.398. The number of nitrogens with one attached hydrogen (secondary N) is 1. The molecular formula is C19H20Cl2N2O4S. The van der Waals surface area contributed by atoms with Crippen molar-refractivity contribution in [1.29, 1.82) is 0 Å². The SMILES string of the molecule is COc1ccc(Cl)cc1NC(=O)[C@H]1CCCCN1S(=O)(=O)c1ccc(Cl)cc1. The Morgan fingerprint density at radius 1 is 1.11 bits per heavy atom. The van der Waals surface area contributed by atoms with E-state index in [1.165, 1.54) is 35.7 Å². The first-order valence-corrected chi connectivity index (χ1v) is 10.9. The summed E-state index contributed by atoms with van der Waals surface area (Å²) >= 11 is 11.9. The van der Waals surface area contributed by atoms with E-state index in [1.54, 1.807) is 18.2 Å². The molecule has 28 heavy (non-hydrogen) atoms. The molecule has 2 aromatic rings. The van der Waals surface area contributed by atoms with Gasteiger partial charge in [0.2, 0.25) is 15.9 Å². The van der Waals surface area contributed by atoms with Crippen molar-refractivity contribution in [3.8, 4) is 5.75 Å². The van der Waals surface area contributed by atoms with Gasteiger partial charge < -0.3 is 10.1 Å². The lowest BCUT2D eigenvalue weighted by Crippen LogP contribution is -2.49. The lowest BCUT2D eigenvalue weighted by Gasteiger charge is -2.33. The Labute approximate surface area is 174 Å². The van der Waals surface area contributed by atoms with Crippen LogP contribution in [0.3, 0.4) is 0 Å². The third-order valence-corrected chi connectivity index (χ3v) is 7.01. The van der Waals surface area contributed by atoms with E-state index in [4.69, 9.17) is 27.9 Å². The lowest BCUT2D eigenvalue weighted by molar-refractivity contribution is -0.120. The standard InChI is InChI=1S/C19H20Cl2N2O4S/c1-27-18-10-7-14(21)12-16(18)22-19(24)17-4-2-3-11-23(17)28(25,26)15-8-5-13(20)6-9-15/h5-10,12,17H,2-4,11H2,1H3,(H,22,24)/t17-/m1/s1. The van der Waals surface area contributed by atoms with Crippen molar-refractivity contribution in [2.45, 2.75) is 30.2 Å². The van der Waals surface area contributed by atoms with Crippen LogP contribution in [0.1, 0.15) is 19.3 Å². The molecule has 0 aliphatic carbocycles.